The molecule has 1 saturated heterocycles. The highest BCUT2D eigenvalue weighted by Gasteiger charge is 2.48. The van der Waals surface area contributed by atoms with Gasteiger partial charge in [0.2, 0.25) is 0 Å². The van der Waals surface area contributed by atoms with E-state index in [-0.39, 0.29) is 17.2 Å². The van der Waals surface area contributed by atoms with Crippen molar-refractivity contribution in [2.75, 3.05) is 6.26 Å². The molecule has 0 saturated carbocycles. The van der Waals surface area contributed by atoms with E-state index in [1.54, 1.807) is 11.8 Å². The Morgan fingerprint density at radius 3 is 2.54 bits per heavy atom. The standard InChI is InChI=1S/C21H26N4OS2/c1-20(2)11-17(21(3,4)26-20)25-18(10-14-12-22-28-13-14)23-19(24-25)15-6-8-16(27-5)9-7-15/h6-9,12-13,17H,10-11H2,1-5H3. The number of thioether (sulfide) groups is 1. The van der Waals surface area contributed by atoms with E-state index in [1.807, 2.05) is 6.20 Å². The third-order valence-electron chi connectivity index (χ3n) is 5.22. The second-order valence-electron chi connectivity index (χ2n) is 8.42. The molecule has 0 bridgehead atoms. The molecule has 3 heterocycles. The van der Waals surface area contributed by atoms with E-state index in [4.69, 9.17) is 14.8 Å². The SMILES string of the molecule is CSc1ccc(-c2nc(Cc3cnsc3)n(C3CC(C)(C)OC3(C)C)n2)cc1. The average molecular weight is 415 g/mol. The van der Waals surface area contributed by atoms with Crippen LogP contribution < -0.4 is 0 Å². The summed E-state index contributed by atoms with van der Waals surface area (Å²) in [4.78, 5) is 6.17. The second kappa shape index (κ2) is 7.28. The summed E-state index contributed by atoms with van der Waals surface area (Å²) in [6, 6.07) is 8.57. The second-order valence-corrected chi connectivity index (χ2v) is 9.96. The lowest BCUT2D eigenvalue weighted by molar-refractivity contribution is -0.0739. The Balaban J connectivity index is 1.76. The Morgan fingerprint density at radius 2 is 1.96 bits per heavy atom. The molecule has 7 heteroatoms. The smallest absolute Gasteiger partial charge is 0.181 e. The number of rotatable bonds is 5. The molecule has 1 fully saturated rings. The van der Waals surface area contributed by atoms with Crippen LogP contribution in [0.1, 0.15) is 51.5 Å². The van der Waals surface area contributed by atoms with Crippen molar-refractivity contribution < 1.29 is 4.74 Å². The lowest BCUT2D eigenvalue weighted by Crippen LogP contribution is -2.32. The maximum Gasteiger partial charge on any atom is 0.181 e. The first-order valence-corrected chi connectivity index (χ1v) is 11.5. The van der Waals surface area contributed by atoms with Crippen LogP contribution in [0.15, 0.2) is 40.7 Å². The summed E-state index contributed by atoms with van der Waals surface area (Å²) in [6.07, 6.45) is 5.62. The van der Waals surface area contributed by atoms with Gasteiger partial charge in [-0.3, -0.25) is 0 Å². The number of benzene rings is 1. The molecule has 1 aliphatic heterocycles. The van der Waals surface area contributed by atoms with Gasteiger partial charge in [-0.25, -0.2) is 14.0 Å². The van der Waals surface area contributed by atoms with Crippen molar-refractivity contribution in [2.24, 2.45) is 0 Å². The third kappa shape index (κ3) is 3.88. The summed E-state index contributed by atoms with van der Waals surface area (Å²) in [5.41, 5.74) is 1.72. The van der Waals surface area contributed by atoms with Crippen LogP contribution in [0.3, 0.4) is 0 Å². The molecule has 1 aliphatic rings. The monoisotopic (exact) mass is 414 g/mol. The summed E-state index contributed by atoms with van der Waals surface area (Å²) in [6.45, 7) is 8.60. The van der Waals surface area contributed by atoms with Crippen LogP contribution in [0, 0.1) is 0 Å². The van der Waals surface area contributed by atoms with E-state index in [9.17, 15) is 0 Å². The fourth-order valence-electron chi connectivity index (χ4n) is 4.00. The molecule has 28 heavy (non-hydrogen) atoms. The molecule has 148 valence electrons. The summed E-state index contributed by atoms with van der Waals surface area (Å²) in [7, 11) is 0. The molecule has 1 unspecified atom stereocenters. The fourth-order valence-corrected chi connectivity index (χ4v) is 4.94. The number of hydrogen-bond donors (Lipinski definition) is 0. The molecule has 0 amide bonds. The average Bonchev–Trinajstić information content (AvgIpc) is 3.33. The van der Waals surface area contributed by atoms with Crippen LogP contribution in [0.2, 0.25) is 0 Å². The number of ether oxygens (including phenoxy) is 1. The Labute approximate surface area is 174 Å². The summed E-state index contributed by atoms with van der Waals surface area (Å²) in [5.74, 6) is 1.73. The van der Waals surface area contributed by atoms with Crippen LogP contribution in [0.4, 0.5) is 0 Å². The summed E-state index contributed by atoms with van der Waals surface area (Å²) < 4.78 is 12.7. The van der Waals surface area contributed by atoms with Crippen LogP contribution in [-0.4, -0.2) is 36.6 Å². The number of hydrogen-bond acceptors (Lipinski definition) is 6. The Morgan fingerprint density at radius 1 is 1.21 bits per heavy atom. The third-order valence-corrected chi connectivity index (χ3v) is 6.60. The van der Waals surface area contributed by atoms with Crippen molar-refractivity contribution in [1.82, 2.24) is 19.1 Å². The molecule has 3 aromatic rings. The predicted molar refractivity (Wildman–Crippen MR) is 115 cm³/mol. The summed E-state index contributed by atoms with van der Waals surface area (Å²) in [5, 5.41) is 7.04. The zero-order chi connectivity index (χ0) is 19.9. The quantitative estimate of drug-likeness (QED) is 0.535. The first-order chi connectivity index (χ1) is 13.3. The van der Waals surface area contributed by atoms with Gasteiger partial charge in [0.25, 0.3) is 0 Å². The molecule has 0 N–H and O–H groups in total. The van der Waals surface area contributed by atoms with Crippen LogP contribution >= 0.6 is 23.3 Å². The molecule has 5 nitrogen and oxygen atoms in total. The van der Waals surface area contributed by atoms with E-state index >= 15 is 0 Å². The van der Waals surface area contributed by atoms with Crippen molar-refractivity contribution in [3.63, 3.8) is 0 Å². The van der Waals surface area contributed by atoms with E-state index in [0.717, 1.165) is 30.1 Å². The number of nitrogens with zero attached hydrogens (tertiary/aromatic N) is 4. The van der Waals surface area contributed by atoms with Crippen LogP contribution in [0.25, 0.3) is 11.4 Å². The van der Waals surface area contributed by atoms with Gasteiger partial charge in [0, 0.05) is 34.9 Å². The van der Waals surface area contributed by atoms with Crippen LogP contribution in [0.5, 0.6) is 0 Å². The normalized spacial score (nSPS) is 20.5. The van der Waals surface area contributed by atoms with Gasteiger partial charge in [0.1, 0.15) is 5.82 Å². The van der Waals surface area contributed by atoms with Gasteiger partial charge in [0.05, 0.1) is 17.2 Å². The maximum atomic E-state index is 6.34. The van der Waals surface area contributed by atoms with Crippen molar-refractivity contribution in [1.29, 1.82) is 0 Å². The Hall–Kier alpha value is -1.70. The van der Waals surface area contributed by atoms with E-state index in [1.165, 1.54) is 22.0 Å². The highest BCUT2D eigenvalue weighted by molar-refractivity contribution is 7.98. The molecule has 1 aromatic carbocycles. The Kier molecular flexibility index (Phi) is 5.10. The van der Waals surface area contributed by atoms with Crippen molar-refractivity contribution >= 4 is 23.3 Å². The van der Waals surface area contributed by atoms with Gasteiger partial charge in [0.15, 0.2) is 5.82 Å². The first kappa shape index (κ1) is 19.6. The number of aromatic nitrogens is 4. The summed E-state index contributed by atoms with van der Waals surface area (Å²) >= 11 is 3.20. The molecule has 1 atom stereocenters. The molecular formula is C21H26N4OS2. The Bertz CT molecular complexity index is 945. The van der Waals surface area contributed by atoms with Gasteiger partial charge >= 0.3 is 0 Å². The zero-order valence-corrected chi connectivity index (χ0v) is 18.6. The lowest BCUT2D eigenvalue weighted by Gasteiger charge is -2.27. The van der Waals surface area contributed by atoms with Gasteiger partial charge in [-0.1, -0.05) is 12.1 Å². The van der Waals surface area contributed by atoms with E-state index in [2.05, 4.69) is 72.7 Å². The highest BCUT2D eigenvalue weighted by atomic mass is 32.2. The minimum atomic E-state index is -0.307. The van der Waals surface area contributed by atoms with Crippen molar-refractivity contribution in [3.8, 4) is 11.4 Å². The van der Waals surface area contributed by atoms with E-state index in [0.29, 0.717) is 0 Å². The van der Waals surface area contributed by atoms with Gasteiger partial charge in [-0.15, -0.1) is 11.8 Å². The molecule has 0 radical (unpaired) electrons. The molecular weight excluding hydrogens is 388 g/mol. The van der Waals surface area contributed by atoms with Gasteiger partial charge in [-0.2, -0.15) is 5.10 Å². The largest absolute Gasteiger partial charge is 0.367 e. The molecule has 0 aliphatic carbocycles. The molecule has 2 aromatic heterocycles. The molecule has 0 spiro atoms. The fraction of sp³-hybridized carbons (Fsp3) is 0.476. The topological polar surface area (TPSA) is 52.8 Å². The van der Waals surface area contributed by atoms with Crippen LogP contribution in [-0.2, 0) is 11.2 Å². The predicted octanol–water partition coefficient (Wildman–Crippen LogP) is 5.23. The first-order valence-electron chi connectivity index (χ1n) is 9.46. The zero-order valence-electron chi connectivity index (χ0n) is 17.0. The van der Waals surface area contributed by atoms with Gasteiger partial charge in [-0.05, 0) is 63.2 Å². The lowest BCUT2D eigenvalue weighted by atomic mass is 9.94. The minimum absolute atomic E-state index is 0.135. The van der Waals surface area contributed by atoms with Crippen molar-refractivity contribution in [2.45, 2.75) is 62.7 Å². The van der Waals surface area contributed by atoms with Gasteiger partial charge < -0.3 is 4.74 Å². The van der Waals surface area contributed by atoms with Crippen molar-refractivity contribution in [3.05, 3.63) is 47.2 Å². The maximum absolute atomic E-state index is 6.34. The van der Waals surface area contributed by atoms with E-state index < -0.39 is 0 Å². The molecule has 4 rings (SSSR count). The highest BCUT2D eigenvalue weighted by Crippen LogP contribution is 2.45. The minimum Gasteiger partial charge on any atom is -0.367 e.